The van der Waals surface area contributed by atoms with E-state index in [9.17, 15) is 0 Å². The van der Waals surface area contributed by atoms with E-state index in [-0.39, 0.29) is 0 Å². The molecular formula is C22H19BrN4. The molecule has 27 heavy (non-hydrogen) atoms. The van der Waals surface area contributed by atoms with Crippen molar-refractivity contribution in [2.24, 2.45) is 10.1 Å². The first kappa shape index (κ1) is 17.5. The lowest BCUT2D eigenvalue weighted by molar-refractivity contribution is 1.03. The van der Waals surface area contributed by atoms with Crippen LogP contribution in [0.3, 0.4) is 0 Å². The van der Waals surface area contributed by atoms with Gasteiger partial charge in [0.1, 0.15) is 5.71 Å². The highest BCUT2D eigenvalue weighted by atomic mass is 79.9. The minimum atomic E-state index is 0.735. The quantitative estimate of drug-likeness (QED) is 0.653. The van der Waals surface area contributed by atoms with Crippen LogP contribution < -0.4 is 10.3 Å². The minimum Gasteiger partial charge on any atom is -0.378 e. The molecule has 0 aliphatic carbocycles. The lowest BCUT2D eigenvalue weighted by Gasteiger charge is -2.14. The summed E-state index contributed by atoms with van der Waals surface area (Å²) in [6.45, 7) is 0. The lowest BCUT2D eigenvalue weighted by Crippen LogP contribution is -2.19. The molecule has 0 fully saturated rings. The molecule has 1 heterocycles. The Morgan fingerprint density at radius 3 is 2.30 bits per heavy atom. The average Bonchev–Trinajstić information content (AvgIpc) is 2.88. The van der Waals surface area contributed by atoms with Crippen molar-refractivity contribution < 1.29 is 0 Å². The molecule has 0 amide bonds. The van der Waals surface area contributed by atoms with Gasteiger partial charge >= 0.3 is 0 Å². The molecule has 5 heteroatoms. The summed E-state index contributed by atoms with van der Waals surface area (Å²) in [5.41, 5.74) is 9.09. The van der Waals surface area contributed by atoms with Gasteiger partial charge in [0.2, 0.25) is 0 Å². The predicted octanol–water partition coefficient (Wildman–Crippen LogP) is 4.95. The predicted molar refractivity (Wildman–Crippen MR) is 116 cm³/mol. The summed E-state index contributed by atoms with van der Waals surface area (Å²) in [7, 11) is 4.07. The van der Waals surface area contributed by atoms with E-state index in [0.717, 1.165) is 44.1 Å². The molecular weight excluding hydrogens is 400 g/mol. The largest absolute Gasteiger partial charge is 0.378 e. The fourth-order valence-electron chi connectivity index (χ4n) is 2.97. The Morgan fingerprint density at radius 1 is 0.852 bits per heavy atom. The zero-order valence-corrected chi connectivity index (χ0v) is 16.7. The van der Waals surface area contributed by atoms with Crippen molar-refractivity contribution in [3.05, 3.63) is 94.0 Å². The molecule has 0 spiro atoms. The van der Waals surface area contributed by atoms with Crippen LogP contribution in [0.5, 0.6) is 0 Å². The zero-order valence-electron chi connectivity index (χ0n) is 15.1. The van der Waals surface area contributed by atoms with E-state index < -0.39 is 0 Å². The lowest BCUT2D eigenvalue weighted by atomic mass is 10.0. The third-order valence-electron chi connectivity index (χ3n) is 4.42. The van der Waals surface area contributed by atoms with Crippen LogP contribution in [0.15, 0.2) is 87.4 Å². The van der Waals surface area contributed by atoms with Crippen LogP contribution in [0.4, 0.5) is 11.4 Å². The Kier molecular flexibility index (Phi) is 4.77. The Balaban J connectivity index is 1.82. The molecule has 1 N–H and O–H groups in total. The summed E-state index contributed by atoms with van der Waals surface area (Å²) < 4.78 is 0.997. The fraction of sp³-hybridized carbons (Fsp3) is 0.0909. The van der Waals surface area contributed by atoms with Gasteiger partial charge in [0, 0.05) is 40.9 Å². The smallest absolute Gasteiger partial charge is 0.154 e. The maximum atomic E-state index is 4.83. The van der Waals surface area contributed by atoms with Crippen molar-refractivity contribution in [2.75, 3.05) is 19.0 Å². The minimum absolute atomic E-state index is 0.735. The van der Waals surface area contributed by atoms with Crippen molar-refractivity contribution in [1.82, 2.24) is 5.43 Å². The van der Waals surface area contributed by atoms with Crippen LogP contribution in [-0.4, -0.2) is 25.6 Å². The highest BCUT2D eigenvalue weighted by Crippen LogP contribution is 2.29. The summed E-state index contributed by atoms with van der Waals surface area (Å²) in [4.78, 5) is 6.92. The standard InChI is InChI=1S/C22H19BrN4/c1-27(2)18-11-8-15(9-12-18)21-19-14-17(23)10-13-20(19)24-22(26-25-21)16-6-4-3-5-7-16/h3-14H,1-2H3,(H,24,26). The van der Waals surface area contributed by atoms with Gasteiger partial charge in [0.25, 0.3) is 0 Å². The third-order valence-corrected chi connectivity index (χ3v) is 4.92. The second-order valence-corrected chi connectivity index (χ2v) is 7.42. The van der Waals surface area contributed by atoms with Crippen LogP contribution in [-0.2, 0) is 0 Å². The van der Waals surface area contributed by atoms with E-state index >= 15 is 0 Å². The number of amidine groups is 1. The molecule has 0 atom stereocenters. The van der Waals surface area contributed by atoms with Gasteiger partial charge in [0.15, 0.2) is 5.84 Å². The molecule has 1 aliphatic heterocycles. The number of hydrazone groups is 1. The summed E-state index contributed by atoms with van der Waals surface area (Å²) in [5.74, 6) is 0.735. The van der Waals surface area contributed by atoms with Gasteiger partial charge in [-0.1, -0.05) is 58.4 Å². The van der Waals surface area contributed by atoms with Gasteiger partial charge in [-0.2, -0.15) is 5.10 Å². The highest BCUT2D eigenvalue weighted by Gasteiger charge is 2.17. The topological polar surface area (TPSA) is 40.0 Å². The average molecular weight is 419 g/mol. The van der Waals surface area contributed by atoms with Crippen molar-refractivity contribution >= 4 is 38.9 Å². The summed E-state index contributed by atoms with van der Waals surface area (Å²) in [5, 5.41) is 4.71. The van der Waals surface area contributed by atoms with Crippen molar-refractivity contribution in [3.63, 3.8) is 0 Å². The number of benzene rings is 3. The normalized spacial score (nSPS) is 13.0. The van der Waals surface area contributed by atoms with Crippen molar-refractivity contribution in [3.8, 4) is 0 Å². The number of anilines is 1. The maximum Gasteiger partial charge on any atom is 0.154 e. The van der Waals surface area contributed by atoms with E-state index in [2.05, 4.69) is 56.6 Å². The SMILES string of the molecule is CN(C)c1ccc(C2=NNC(c3ccccc3)=Nc3ccc(Br)cc32)cc1. The second-order valence-electron chi connectivity index (χ2n) is 6.50. The van der Waals surface area contributed by atoms with E-state index in [1.165, 1.54) is 0 Å². The summed E-state index contributed by atoms with van der Waals surface area (Å²) in [6, 6.07) is 24.5. The molecule has 0 unspecified atom stereocenters. The van der Waals surface area contributed by atoms with Crippen molar-refractivity contribution in [1.29, 1.82) is 0 Å². The maximum absolute atomic E-state index is 4.83. The van der Waals surface area contributed by atoms with Gasteiger partial charge in [0.05, 0.1) is 5.69 Å². The summed E-state index contributed by atoms with van der Waals surface area (Å²) >= 11 is 3.58. The molecule has 0 radical (unpaired) electrons. The van der Waals surface area contributed by atoms with Gasteiger partial charge < -0.3 is 4.90 Å². The third kappa shape index (κ3) is 3.64. The number of hydrogen-bond donors (Lipinski definition) is 1. The molecule has 0 saturated heterocycles. The first-order valence-electron chi connectivity index (χ1n) is 8.67. The number of hydrogen-bond acceptors (Lipinski definition) is 4. The van der Waals surface area contributed by atoms with Crippen LogP contribution in [0.1, 0.15) is 16.7 Å². The molecule has 0 saturated carbocycles. The van der Waals surface area contributed by atoms with E-state index in [0.29, 0.717) is 0 Å². The van der Waals surface area contributed by atoms with Crippen LogP contribution in [0, 0.1) is 0 Å². The van der Waals surface area contributed by atoms with Gasteiger partial charge in [-0.3, -0.25) is 5.43 Å². The van der Waals surface area contributed by atoms with Crippen LogP contribution in [0.2, 0.25) is 0 Å². The molecule has 3 aromatic carbocycles. The number of nitrogens with zero attached hydrogens (tertiary/aromatic N) is 3. The second kappa shape index (κ2) is 7.37. The summed E-state index contributed by atoms with van der Waals surface area (Å²) in [6.07, 6.45) is 0. The van der Waals surface area contributed by atoms with Crippen LogP contribution in [0.25, 0.3) is 0 Å². The fourth-order valence-corrected chi connectivity index (χ4v) is 3.33. The molecule has 134 valence electrons. The number of nitrogens with one attached hydrogen (secondary N) is 1. The number of aliphatic imine (C=N–C) groups is 1. The Labute approximate surface area is 167 Å². The molecule has 4 rings (SSSR count). The van der Waals surface area contributed by atoms with Gasteiger partial charge in [-0.15, -0.1) is 0 Å². The molecule has 1 aliphatic rings. The van der Waals surface area contributed by atoms with Crippen molar-refractivity contribution in [2.45, 2.75) is 0 Å². The van der Waals surface area contributed by atoms with Crippen LogP contribution >= 0.6 is 15.9 Å². The Morgan fingerprint density at radius 2 is 1.59 bits per heavy atom. The Hall–Kier alpha value is -2.92. The zero-order chi connectivity index (χ0) is 18.8. The Bertz CT molecular complexity index is 1020. The molecule has 0 bridgehead atoms. The highest BCUT2D eigenvalue weighted by molar-refractivity contribution is 9.10. The van der Waals surface area contributed by atoms with Gasteiger partial charge in [-0.05, 0) is 30.3 Å². The van der Waals surface area contributed by atoms with E-state index in [1.54, 1.807) is 0 Å². The number of rotatable bonds is 3. The first-order chi connectivity index (χ1) is 13.1. The monoisotopic (exact) mass is 418 g/mol. The van der Waals surface area contributed by atoms with E-state index in [4.69, 9.17) is 10.1 Å². The molecule has 0 aromatic heterocycles. The molecule has 3 aromatic rings. The van der Waals surface area contributed by atoms with E-state index in [1.807, 2.05) is 56.6 Å². The number of fused-ring (bicyclic) bond motifs is 1. The first-order valence-corrected chi connectivity index (χ1v) is 9.46. The number of halogens is 1. The molecule has 4 nitrogen and oxygen atoms in total. The van der Waals surface area contributed by atoms with Gasteiger partial charge in [-0.25, -0.2) is 4.99 Å².